The highest BCUT2D eigenvalue weighted by Gasteiger charge is 2.15. The Bertz CT molecular complexity index is 515. The van der Waals surface area contributed by atoms with E-state index in [1.807, 2.05) is 12.1 Å². The summed E-state index contributed by atoms with van der Waals surface area (Å²) in [4.78, 5) is 1.46. The fourth-order valence-corrected chi connectivity index (χ4v) is 1.57. The first kappa shape index (κ1) is 14.6. The molecule has 1 aromatic rings. The van der Waals surface area contributed by atoms with Crippen LogP contribution in [0.1, 0.15) is 13.8 Å². The lowest BCUT2D eigenvalue weighted by Gasteiger charge is -2.22. The minimum absolute atomic E-state index is 0.00941. The molecule has 2 N–H and O–H groups in total. The summed E-state index contributed by atoms with van der Waals surface area (Å²) in [5.74, 6) is -0.510. The molecule has 0 saturated heterocycles. The number of rotatable bonds is 5. The molecule has 1 aromatic carbocycles. The number of ether oxygens (including phenoxy) is 1. The molecule has 0 amide bonds. The smallest absolute Gasteiger partial charge is 0.167 e. The SMILES string of the molecule is CC(C)Oc1cc(N(CC#N)CC#N)c(N)cc1F. The van der Waals surface area contributed by atoms with Crippen molar-refractivity contribution in [1.82, 2.24) is 0 Å². The standard InChI is InChI=1S/C13H15FN4O/c1-9(2)19-13-8-12(11(17)7-10(13)14)18(5-3-15)6-4-16/h7-9H,5-6,17H2,1-2H3. The predicted molar refractivity (Wildman–Crippen MR) is 70.0 cm³/mol. The third kappa shape index (κ3) is 3.75. The number of nitriles is 2. The number of nitrogens with two attached hydrogens (primary N) is 1. The van der Waals surface area contributed by atoms with Crippen LogP contribution in [-0.4, -0.2) is 19.2 Å². The van der Waals surface area contributed by atoms with Gasteiger partial charge in [0.15, 0.2) is 11.6 Å². The molecule has 0 saturated carbocycles. The Labute approximate surface area is 111 Å². The van der Waals surface area contributed by atoms with Crippen molar-refractivity contribution < 1.29 is 9.13 Å². The molecule has 0 radical (unpaired) electrons. The summed E-state index contributed by atoms with van der Waals surface area (Å²) in [5, 5.41) is 17.5. The van der Waals surface area contributed by atoms with Crippen molar-refractivity contribution >= 4 is 11.4 Å². The van der Waals surface area contributed by atoms with Crippen LogP contribution in [0.4, 0.5) is 15.8 Å². The van der Waals surface area contributed by atoms with E-state index in [4.69, 9.17) is 21.0 Å². The lowest BCUT2D eigenvalue weighted by Crippen LogP contribution is -2.25. The van der Waals surface area contributed by atoms with E-state index in [-0.39, 0.29) is 30.6 Å². The van der Waals surface area contributed by atoms with E-state index >= 15 is 0 Å². The monoisotopic (exact) mass is 262 g/mol. The number of hydrogen-bond acceptors (Lipinski definition) is 5. The molecule has 0 unspecified atom stereocenters. The van der Waals surface area contributed by atoms with E-state index in [2.05, 4.69) is 0 Å². The van der Waals surface area contributed by atoms with Gasteiger partial charge < -0.3 is 15.4 Å². The average Bonchev–Trinajstić information content (AvgIpc) is 2.32. The van der Waals surface area contributed by atoms with Crippen molar-refractivity contribution in [3.63, 3.8) is 0 Å². The maximum Gasteiger partial charge on any atom is 0.167 e. The van der Waals surface area contributed by atoms with Crippen molar-refractivity contribution in [2.45, 2.75) is 20.0 Å². The molecular weight excluding hydrogens is 247 g/mol. The van der Waals surface area contributed by atoms with Crippen molar-refractivity contribution in [1.29, 1.82) is 10.5 Å². The Balaban J connectivity index is 3.19. The Morgan fingerprint density at radius 1 is 1.32 bits per heavy atom. The van der Waals surface area contributed by atoms with Crippen LogP contribution >= 0.6 is 0 Å². The molecule has 1 rings (SSSR count). The van der Waals surface area contributed by atoms with Crippen molar-refractivity contribution in [2.75, 3.05) is 23.7 Å². The Kier molecular flexibility index (Phi) is 4.96. The summed E-state index contributed by atoms with van der Waals surface area (Å²) >= 11 is 0. The van der Waals surface area contributed by atoms with Gasteiger partial charge in [0.25, 0.3) is 0 Å². The molecule has 0 aliphatic carbocycles. The topological polar surface area (TPSA) is 86.1 Å². The van der Waals surface area contributed by atoms with Gasteiger partial charge in [-0.25, -0.2) is 4.39 Å². The van der Waals surface area contributed by atoms with E-state index in [0.29, 0.717) is 5.69 Å². The minimum Gasteiger partial charge on any atom is -0.488 e. The predicted octanol–water partition coefficient (Wildman–Crippen LogP) is 2.05. The van der Waals surface area contributed by atoms with Crippen molar-refractivity contribution in [2.24, 2.45) is 0 Å². The molecule has 0 atom stereocenters. The second-order valence-electron chi connectivity index (χ2n) is 4.18. The van der Waals surface area contributed by atoms with E-state index in [1.54, 1.807) is 13.8 Å². The fourth-order valence-electron chi connectivity index (χ4n) is 1.57. The molecule has 5 nitrogen and oxygen atoms in total. The highest BCUT2D eigenvalue weighted by atomic mass is 19.1. The molecule has 0 aromatic heterocycles. The Morgan fingerprint density at radius 3 is 2.37 bits per heavy atom. The number of nitrogen functional groups attached to an aromatic ring is 1. The summed E-state index contributed by atoms with van der Waals surface area (Å²) in [6, 6.07) is 6.43. The van der Waals surface area contributed by atoms with Crippen LogP contribution in [0.3, 0.4) is 0 Å². The van der Waals surface area contributed by atoms with Crippen LogP contribution in [0.25, 0.3) is 0 Å². The molecule has 0 fully saturated rings. The summed E-state index contributed by atoms with van der Waals surface area (Å²) in [6.07, 6.45) is -0.189. The fraction of sp³-hybridized carbons (Fsp3) is 0.385. The van der Waals surface area contributed by atoms with Crippen LogP contribution < -0.4 is 15.4 Å². The van der Waals surface area contributed by atoms with E-state index < -0.39 is 5.82 Å². The zero-order valence-electron chi connectivity index (χ0n) is 10.9. The van der Waals surface area contributed by atoms with Gasteiger partial charge in [-0.2, -0.15) is 10.5 Å². The van der Waals surface area contributed by atoms with Crippen LogP contribution in [0.5, 0.6) is 5.75 Å². The van der Waals surface area contributed by atoms with Gasteiger partial charge in [0.2, 0.25) is 0 Å². The highest BCUT2D eigenvalue weighted by Crippen LogP contribution is 2.31. The van der Waals surface area contributed by atoms with Gasteiger partial charge in [0.05, 0.1) is 29.6 Å². The van der Waals surface area contributed by atoms with Crippen LogP contribution in [0.2, 0.25) is 0 Å². The summed E-state index contributed by atoms with van der Waals surface area (Å²) < 4.78 is 19.0. The van der Waals surface area contributed by atoms with Gasteiger partial charge in [0, 0.05) is 12.1 Å². The lowest BCUT2D eigenvalue weighted by atomic mass is 10.2. The van der Waals surface area contributed by atoms with Gasteiger partial charge in [-0.3, -0.25) is 0 Å². The third-order valence-electron chi connectivity index (χ3n) is 2.31. The van der Waals surface area contributed by atoms with E-state index in [1.165, 1.54) is 11.0 Å². The maximum absolute atomic E-state index is 13.7. The molecule has 0 bridgehead atoms. The molecule has 0 heterocycles. The van der Waals surface area contributed by atoms with Crippen molar-refractivity contribution in [3.05, 3.63) is 17.9 Å². The summed E-state index contributed by atoms with van der Waals surface area (Å²) in [7, 11) is 0. The molecular formula is C13H15FN4O. The van der Waals surface area contributed by atoms with E-state index in [0.717, 1.165) is 6.07 Å². The van der Waals surface area contributed by atoms with Crippen molar-refractivity contribution in [3.8, 4) is 17.9 Å². The number of benzene rings is 1. The molecule has 6 heteroatoms. The molecule has 0 aliphatic heterocycles. The number of nitrogens with zero attached hydrogens (tertiary/aromatic N) is 3. The first-order valence-electron chi connectivity index (χ1n) is 5.74. The quantitative estimate of drug-likeness (QED) is 0.648. The largest absolute Gasteiger partial charge is 0.488 e. The first-order chi connectivity index (χ1) is 8.99. The van der Waals surface area contributed by atoms with Crippen LogP contribution in [0, 0.1) is 28.5 Å². The minimum atomic E-state index is -0.566. The third-order valence-corrected chi connectivity index (χ3v) is 2.31. The van der Waals surface area contributed by atoms with Gasteiger partial charge in [-0.1, -0.05) is 0 Å². The molecule has 0 spiro atoms. The molecule has 0 aliphatic rings. The summed E-state index contributed by atoms with van der Waals surface area (Å²) in [6.45, 7) is 3.53. The van der Waals surface area contributed by atoms with Gasteiger partial charge in [-0.15, -0.1) is 0 Å². The normalized spacial score (nSPS) is 9.79. The zero-order chi connectivity index (χ0) is 14.4. The first-order valence-corrected chi connectivity index (χ1v) is 5.74. The van der Waals surface area contributed by atoms with Gasteiger partial charge in [0.1, 0.15) is 13.1 Å². The highest BCUT2D eigenvalue weighted by molar-refractivity contribution is 5.70. The van der Waals surface area contributed by atoms with Crippen LogP contribution in [-0.2, 0) is 0 Å². The maximum atomic E-state index is 13.7. The second-order valence-corrected chi connectivity index (χ2v) is 4.18. The van der Waals surface area contributed by atoms with Crippen LogP contribution in [0.15, 0.2) is 12.1 Å². The second kappa shape index (κ2) is 6.46. The zero-order valence-corrected chi connectivity index (χ0v) is 10.9. The van der Waals surface area contributed by atoms with Gasteiger partial charge in [-0.05, 0) is 13.8 Å². The Hall–Kier alpha value is -2.47. The number of hydrogen-bond donors (Lipinski definition) is 1. The summed E-state index contributed by atoms with van der Waals surface area (Å²) in [5.41, 5.74) is 6.31. The number of anilines is 2. The molecule has 19 heavy (non-hydrogen) atoms. The molecule has 100 valence electrons. The van der Waals surface area contributed by atoms with Gasteiger partial charge >= 0.3 is 0 Å². The number of halogens is 1. The Morgan fingerprint density at radius 2 is 1.89 bits per heavy atom. The van der Waals surface area contributed by atoms with E-state index in [9.17, 15) is 4.39 Å². The lowest BCUT2D eigenvalue weighted by molar-refractivity contribution is 0.231. The average molecular weight is 262 g/mol.